The van der Waals surface area contributed by atoms with Crippen LogP contribution in [0.2, 0.25) is 0 Å². The third-order valence-corrected chi connectivity index (χ3v) is 6.21. The SMILES string of the molecule is Nc1noc2c1ccc1[nH]c(C(O)C3OCCN(c4ccn(-c5ccnc(C(F)(F)F)c5)n4)C3=O)nc(=O)c12. The first-order valence-corrected chi connectivity index (χ1v) is 11.4. The normalized spacial score (nSPS) is 17.3. The Morgan fingerprint density at radius 3 is 2.82 bits per heavy atom. The maximum absolute atomic E-state index is 13.3. The Kier molecular flexibility index (Phi) is 5.58. The van der Waals surface area contributed by atoms with E-state index in [1.54, 1.807) is 6.07 Å². The highest BCUT2D eigenvalue weighted by Crippen LogP contribution is 2.30. The molecule has 1 aliphatic rings. The Morgan fingerprint density at radius 2 is 2.03 bits per heavy atom. The van der Waals surface area contributed by atoms with Crippen LogP contribution in [0.3, 0.4) is 0 Å². The predicted octanol–water partition coefficient (Wildman–Crippen LogP) is 1.71. The molecule has 16 heteroatoms. The Labute approximate surface area is 214 Å². The lowest BCUT2D eigenvalue weighted by Crippen LogP contribution is -2.50. The molecule has 4 aromatic heterocycles. The molecule has 2 unspecified atom stereocenters. The van der Waals surface area contributed by atoms with E-state index < -0.39 is 35.5 Å². The van der Waals surface area contributed by atoms with Gasteiger partial charge in [-0.15, -0.1) is 5.10 Å². The van der Waals surface area contributed by atoms with Gasteiger partial charge in [0.15, 0.2) is 23.3 Å². The van der Waals surface area contributed by atoms with Crippen LogP contribution in [0.5, 0.6) is 0 Å². The number of amides is 1. The number of aromatic nitrogens is 6. The van der Waals surface area contributed by atoms with Crippen molar-refractivity contribution in [3.8, 4) is 5.69 Å². The van der Waals surface area contributed by atoms with Gasteiger partial charge in [0.25, 0.3) is 11.5 Å². The van der Waals surface area contributed by atoms with Crippen LogP contribution in [0.1, 0.15) is 17.6 Å². The van der Waals surface area contributed by atoms with Gasteiger partial charge in [0.05, 0.1) is 29.7 Å². The molecule has 1 aromatic carbocycles. The van der Waals surface area contributed by atoms with Crippen molar-refractivity contribution in [3.63, 3.8) is 0 Å². The zero-order valence-corrected chi connectivity index (χ0v) is 19.6. The van der Waals surface area contributed by atoms with Gasteiger partial charge in [-0.05, 0) is 24.3 Å². The van der Waals surface area contributed by atoms with Gasteiger partial charge in [-0.1, -0.05) is 5.16 Å². The fourth-order valence-electron chi connectivity index (χ4n) is 4.33. The quantitative estimate of drug-likeness (QED) is 0.303. The number of aliphatic hydroxyl groups is 1. The van der Waals surface area contributed by atoms with E-state index in [0.717, 1.165) is 12.3 Å². The second kappa shape index (κ2) is 8.88. The molecule has 1 amide bonds. The topological polar surface area (TPSA) is 178 Å². The van der Waals surface area contributed by atoms with Gasteiger partial charge in [0.2, 0.25) is 0 Å². The number of nitrogens with one attached hydrogen (secondary N) is 1. The van der Waals surface area contributed by atoms with Crippen LogP contribution in [0.15, 0.2) is 52.0 Å². The number of aliphatic hydroxyl groups excluding tert-OH is 1. The predicted molar refractivity (Wildman–Crippen MR) is 128 cm³/mol. The van der Waals surface area contributed by atoms with Crippen molar-refractivity contribution >= 4 is 39.4 Å². The highest BCUT2D eigenvalue weighted by Gasteiger charge is 2.39. The molecule has 200 valence electrons. The molecule has 1 fully saturated rings. The third-order valence-electron chi connectivity index (χ3n) is 6.21. The van der Waals surface area contributed by atoms with Gasteiger partial charge in [-0.25, -0.2) is 4.68 Å². The van der Waals surface area contributed by atoms with Crippen molar-refractivity contribution < 1.29 is 32.3 Å². The number of nitrogens with zero attached hydrogens (tertiary/aromatic N) is 6. The number of nitrogens with two attached hydrogens (primary N) is 1. The summed E-state index contributed by atoms with van der Waals surface area (Å²) < 4.78 is 51.0. The van der Waals surface area contributed by atoms with Crippen molar-refractivity contribution in [1.82, 2.24) is 29.9 Å². The fraction of sp³-hybridized carbons (Fsp3) is 0.217. The molecule has 0 saturated carbocycles. The van der Waals surface area contributed by atoms with Crippen LogP contribution in [-0.4, -0.2) is 60.2 Å². The first-order chi connectivity index (χ1) is 18.6. The maximum Gasteiger partial charge on any atom is 0.433 e. The number of aromatic amines is 1. The summed E-state index contributed by atoms with van der Waals surface area (Å²) >= 11 is 0. The number of H-pyrrole nitrogens is 1. The summed E-state index contributed by atoms with van der Waals surface area (Å²) in [5.41, 5.74) is 4.38. The summed E-state index contributed by atoms with van der Waals surface area (Å²) in [6.07, 6.45) is -5.36. The molecule has 2 atom stereocenters. The molecular weight excluding hydrogens is 525 g/mol. The van der Waals surface area contributed by atoms with E-state index in [1.165, 1.54) is 34.0 Å². The average molecular weight is 542 g/mol. The Bertz CT molecular complexity index is 1800. The van der Waals surface area contributed by atoms with Crippen LogP contribution in [0, 0.1) is 0 Å². The molecule has 4 N–H and O–H groups in total. The largest absolute Gasteiger partial charge is 0.433 e. The zero-order chi connectivity index (χ0) is 27.5. The molecule has 1 aliphatic heterocycles. The first kappa shape index (κ1) is 24.5. The zero-order valence-electron chi connectivity index (χ0n) is 19.6. The van der Waals surface area contributed by atoms with Gasteiger partial charge in [0, 0.05) is 18.5 Å². The number of ether oxygens (including phenoxy) is 1. The molecule has 0 spiro atoms. The first-order valence-electron chi connectivity index (χ1n) is 11.4. The summed E-state index contributed by atoms with van der Waals surface area (Å²) in [6, 6.07) is 6.72. The number of rotatable bonds is 4. The summed E-state index contributed by atoms with van der Waals surface area (Å²) in [5.74, 6) is -0.688. The van der Waals surface area contributed by atoms with Gasteiger partial charge in [-0.2, -0.15) is 18.2 Å². The van der Waals surface area contributed by atoms with E-state index >= 15 is 0 Å². The number of benzene rings is 1. The molecule has 0 radical (unpaired) electrons. The molecule has 6 rings (SSSR count). The third kappa shape index (κ3) is 4.15. The van der Waals surface area contributed by atoms with E-state index in [-0.39, 0.29) is 52.8 Å². The number of nitrogen functional groups attached to an aromatic ring is 1. The van der Waals surface area contributed by atoms with Crippen LogP contribution >= 0.6 is 0 Å². The van der Waals surface area contributed by atoms with Gasteiger partial charge in [0.1, 0.15) is 23.0 Å². The molecule has 5 heterocycles. The summed E-state index contributed by atoms with van der Waals surface area (Å²) in [4.78, 5) is 37.3. The summed E-state index contributed by atoms with van der Waals surface area (Å²) in [6.45, 7) is 0.0688. The minimum absolute atomic E-state index is 0.00355. The van der Waals surface area contributed by atoms with Gasteiger partial charge in [-0.3, -0.25) is 19.5 Å². The number of hydrogen-bond acceptors (Lipinski definition) is 10. The number of halogens is 3. The monoisotopic (exact) mass is 542 g/mol. The number of alkyl halides is 3. The lowest BCUT2D eigenvalue weighted by atomic mass is 10.1. The summed E-state index contributed by atoms with van der Waals surface area (Å²) in [7, 11) is 0. The van der Waals surface area contributed by atoms with E-state index in [1.807, 2.05) is 0 Å². The maximum atomic E-state index is 13.3. The fourth-order valence-corrected chi connectivity index (χ4v) is 4.33. The standard InChI is InChI=1S/C23H17F3N8O5/c24-23(25,26)13-9-10(3-5-28-13)34-6-4-14(31-34)33-7-8-38-18(22(33)37)16(35)20-29-12-2-1-11-17(39-32-19(11)27)15(12)21(36)30-20/h1-6,9,16,18,35H,7-8H2,(H2,27,32)(H,29,30,36). The van der Waals surface area contributed by atoms with Crippen molar-refractivity contribution in [1.29, 1.82) is 0 Å². The smallest absolute Gasteiger partial charge is 0.382 e. The summed E-state index contributed by atoms with van der Waals surface area (Å²) in [5, 5.41) is 19.3. The minimum atomic E-state index is -4.64. The molecule has 39 heavy (non-hydrogen) atoms. The van der Waals surface area contributed by atoms with Crippen LogP contribution in [0.25, 0.3) is 27.6 Å². The highest BCUT2D eigenvalue weighted by molar-refractivity contribution is 6.05. The van der Waals surface area contributed by atoms with E-state index in [2.05, 4.69) is 25.2 Å². The number of anilines is 2. The number of morpholine rings is 1. The van der Waals surface area contributed by atoms with Crippen molar-refractivity contribution in [3.05, 3.63) is 64.6 Å². The number of carbonyl (C=O) groups is 1. The lowest BCUT2D eigenvalue weighted by Gasteiger charge is -2.32. The van der Waals surface area contributed by atoms with Crippen molar-refractivity contribution in [2.45, 2.75) is 18.4 Å². The number of fused-ring (bicyclic) bond motifs is 3. The van der Waals surface area contributed by atoms with Gasteiger partial charge >= 0.3 is 6.18 Å². The van der Waals surface area contributed by atoms with Crippen molar-refractivity contribution in [2.24, 2.45) is 0 Å². The van der Waals surface area contributed by atoms with Crippen LogP contribution in [-0.2, 0) is 15.7 Å². The lowest BCUT2D eigenvalue weighted by molar-refractivity contribution is -0.143. The van der Waals surface area contributed by atoms with Crippen molar-refractivity contribution in [2.75, 3.05) is 23.8 Å². The molecule has 13 nitrogen and oxygen atoms in total. The van der Waals surface area contributed by atoms with Crippen LogP contribution < -0.4 is 16.2 Å². The molecule has 0 bridgehead atoms. The Balaban J connectivity index is 1.28. The van der Waals surface area contributed by atoms with E-state index in [0.29, 0.717) is 5.39 Å². The number of carbonyl (C=O) groups excluding carboxylic acids is 1. The average Bonchev–Trinajstić information content (AvgIpc) is 3.55. The molecule has 0 aliphatic carbocycles. The Morgan fingerprint density at radius 1 is 1.21 bits per heavy atom. The van der Waals surface area contributed by atoms with E-state index in [4.69, 9.17) is 15.0 Å². The second-order valence-corrected chi connectivity index (χ2v) is 8.60. The Hall–Kier alpha value is -4.83. The van der Waals surface area contributed by atoms with Crippen LogP contribution in [0.4, 0.5) is 24.8 Å². The second-order valence-electron chi connectivity index (χ2n) is 8.60. The van der Waals surface area contributed by atoms with Gasteiger partial charge < -0.3 is 25.1 Å². The molecular formula is C23H17F3N8O5. The molecule has 5 aromatic rings. The number of hydrogen-bond donors (Lipinski definition) is 3. The minimum Gasteiger partial charge on any atom is -0.382 e. The highest BCUT2D eigenvalue weighted by atomic mass is 19.4. The van der Waals surface area contributed by atoms with E-state index in [9.17, 15) is 27.9 Å². The molecule has 1 saturated heterocycles. The number of pyridine rings is 1.